The van der Waals surface area contributed by atoms with Crippen molar-refractivity contribution in [3.8, 4) is 0 Å². The number of hydrogen-bond acceptors (Lipinski definition) is 13. The van der Waals surface area contributed by atoms with Crippen LogP contribution in [0, 0.1) is 5.92 Å². The maximum Gasteiger partial charge on any atom is 2.00 e. The number of carboxylic acid groups (broad SMARTS) is 2. The molecule has 33 heavy (non-hydrogen) atoms. The van der Waals surface area contributed by atoms with Gasteiger partial charge in [0.1, 0.15) is 31.0 Å². The number of esters is 1. The van der Waals surface area contributed by atoms with Gasteiger partial charge in [-0.15, -0.1) is 0 Å². The van der Waals surface area contributed by atoms with E-state index in [9.17, 15) is 39.9 Å². The molecule has 1 aliphatic carbocycles. The molecule has 0 unspecified atom stereocenters. The van der Waals surface area contributed by atoms with Gasteiger partial charge in [0.25, 0.3) is 0 Å². The van der Waals surface area contributed by atoms with Crippen LogP contribution >= 0.6 is 0 Å². The van der Waals surface area contributed by atoms with Gasteiger partial charge in [-0.3, -0.25) is 4.79 Å². The number of carbonyl (C=O) groups excluding carboxylic acids is 3. The number of carboxylic acids is 2. The maximum absolute atomic E-state index is 11.5. The number of carbonyl (C=O) groups is 3. The third-order valence-electron chi connectivity index (χ3n) is 5.39. The molecule has 1 aliphatic heterocycles. The summed E-state index contributed by atoms with van der Waals surface area (Å²) in [6.07, 6.45) is -3.42. The minimum absolute atomic E-state index is 0. The number of nitrogens with two attached hydrogens (primary N) is 2. The van der Waals surface area contributed by atoms with E-state index < -0.39 is 74.0 Å². The van der Waals surface area contributed by atoms with Crippen LogP contribution in [0.1, 0.15) is 38.5 Å². The zero-order valence-electron chi connectivity index (χ0n) is 18.1. The molecule has 13 nitrogen and oxygen atoms in total. The van der Waals surface area contributed by atoms with Crippen LogP contribution in [0.3, 0.4) is 0 Å². The van der Waals surface area contributed by atoms with E-state index in [2.05, 4.69) is 0 Å². The molecular formula is C19H32N2O11Pt. The molecule has 2 fully saturated rings. The number of methoxy groups -OCH3 is 1. The molecular weight excluding hydrogens is 627 g/mol. The predicted octanol–water partition coefficient (Wildman–Crippen LogP) is -4.91. The van der Waals surface area contributed by atoms with Crippen molar-refractivity contribution in [2.75, 3.05) is 13.7 Å². The fraction of sp³-hybridized carbons (Fsp3) is 0.842. The third kappa shape index (κ3) is 10.3. The van der Waals surface area contributed by atoms with Crippen molar-refractivity contribution in [3.63, 3.8) is 0 Å². The normalized spacial score (nSPS) is 31.5. The average Bonchev–Trinajstić information content (AvgIpc) is 2.74. The van der Waals surface area contributed by atoms with Gasteiger partial charge >= 0.3 is 27.0 Å². The molecule has 0 bridgehead atoms. The molecule has 14 heteroatoms. The zero-order chi connectivity index (χ0) is 24.4. The van der Waals surface area contributed by atoms with Crippen molar-refractivity contribution in [3.05, 3.63) is 0 Å². The Morgan fingerprint density at radius 2 is 1.52 bits per heavy atom. The quantitative estimate of drug-likeness (QED) is 0.122. The second kappa shape index (κ2) is 15.7. The van der Waals surface area contributed by atoms with Crippen LogP contribution in [0.5, 0.6) is 0 Å². The van der Waals surface area contributed by atoms with E-state index in [1.807, 2.05) is 0 Å². The van der Waals surface area contributed by atoms with E-state index in [1.54, 1.807) is 0 Å². The molecule has 0 aromatic heterocycles. The first-order valence-electron chi connectivity index (χ1n) is 10.3. The van der Waals surface area contributed by atoms with Crippen molar-refractivity contribution in [1.29, 1.82) is 0 Å². The smallest absolute Gasteiger partial charge is 0.549 e. The molecule has 1 heterocycles. The first-order chi connectivity index (χ1) is 15.0. The van der Waals surface area contributed by atoms with Gasteiger partial charge in [0.15, 0.2) is 6.29 Å². The number of aliphatic hydroxyl groups excluding tert-OH is 3. The van der Waals surface area contributed by atoms with Crippen molar-refractivity contribution in [1.82, 2.24) is 0 Å². The van der Waals surface area contributed by atoms with Gasteiger partial charge in [0.2, 0.25) is 0 Å². The Kier molecular flexibility index (Phi) is 15.1. The molecule has 2 aliphatic rings. The van der Waals surface area contributed by atoms with Gasteiger partial charge in [0, 0.05) is 31.5 Å². The Labute approximate surface area is 205 Å². The Morgan fingerprint density at radius 3 is 1.94 bits per heavy atom. The van der Waals surface area contributed by atoms with Crippen LogP contribution < -0.4 is 21.7 Å². The van der Waals surface area contributed by atoms with Gasteiger partial charge in [-0.1, -0.05) is 12.8 Å². The molecule has 0 aromatic carbocycles. The first-order valence-corrected chi connectivity index (χ1v) is 10.3. The topological polar surface area (TPSA) is 238 Å². The van der Waals surface area contributed by atoms with E-state index in [4.69, 9.17) is 25.7 Å². The number of aliphatic carboxylic acids is 2. The van der Waals surface area contributed by atoms with E-state index in [0.29, 0.717) is 0 Å². The SMILES string of the molecule is CO[C@H]1O[C@H](COC(=O)CCC(C(=O)[O-])C(=O)[O-])[C@@H](O)[C@H](O)[C@@H]1O.N[C@@H]1CCCC[C@H]1N.[Pt+2]. The molecule has 7 N–H and O–H groups in total. The summed E-state index contributed by atoms with van der Waals surface area (Å²) in [6.45, 7) is -0.523. The van der Waals surface area contributed by atoms with Gasteiger partial charge in [0.05, 0.1) is 11.9 Å². The summed E-state index contributed by atoms with van der Waals surface area (Å²) in [7, 11) is 1.20. The molecule has 7 atom stereocenters. The predicted molar refractivity (Wildman–Crippen MR) is 102 cm³/mol. The number of ether oxygens (including phenoxy) is 3. The first kappa shape index (κ1) is 31.8. The summed E-state index contributed by atoms with van der Waals surface area (Å²) in [4.78, 5) is 32.6. The van der Waals surface area contributed by atoms with E-state index in [-0.39, 0.29) is 33.1 Å². The van der Waals surface area contributed by atoms with Gasteiger partial charge in [-0.05, 0) is 19.3 Å². The second-order valence-electron chi connectivity index (χ2n) is 7.77. The fourth-order valence-electron chi connectivity index (χ4n) is 3.28. The summed E-state index contributed by atoms with van der Waals surface area (Å²) in [5.74, 6) is -6.67. The average molecular weight is 660 g/mol. The Hall–Kier alpha value is -1.18. The second-order valence-corrected chi connectivity index (χ2v) is 7.77. The van der Waals surface area contributed by atoms with E-state index in [1.165, 1.54) is 20.0 Å². The Balaban J connectivity index is 0.000000956. The van der Waals surface area contributed by atoms with Crippen LogP contribution in [-0.2, 0) is 49.7 Å². The van der Waals surface area contributed by atoms with Crippen LogP contribution in [-0.4, -0.2) is 89.7 Å². The van der Waals surface area contributed by atoms with Crippen molar-refractivity contribution >= 4 is 17.9 Å². The summed E-state index contributed by atoms with van der Waals surface area (Å²) in [5.41, 5.74) is 11.3. The van der Waals surface area contributed by atoms with E-state index >= 15 is 0 Å². The largest absolute Gasteiger partial charge is 2.00 e. The molecule has 2 rings (SSSR count). The standard InChI is InChI=1S/C13H20O11.C6H14N2.Pt/c1-22-13-10(17)9(16)8(15)6(24-13)4-23-7(14)3-2-5(11(18)19)12(20)21;7-5-3-1-2-4-6(5)8;/h5-6,8-10,13,15-17H,2-4H2,1H3,(H,18,19)(H,20,21);5-6H,1-4,7-8H2;/q;;+2/p-2/t6-,8-,9+,10+,13+;5-,6-;/m11./s1. The van der Waals surface area contributed by atoms with Crippen LogP contribution in [0.25, 0.3) is 0 Å². The molecule has 1 saturated heterocycles. The molecule has 0 spiro atoms. The zero-order valence-corrected chi connectivity index (χ0v) is 20.4. The summed E-state index contributed by atoms with van der Waals surface area (Å²) in [6, 6.07) is 0.562. The fourth-order valence-corrected chi connectivity index (χ4v) is 3.28. The van der Waals surface area contributed by atoms with Crippen molar-refractivity contribution in [2.24, 2.45) is 17.4 Å². The molecule has 0 aromatic rings. The molecule has 1 saturated carbocycles. The van der Waals surface area contributed by atoms with Gasteiger partial charge in [-0.2, -0.15) is 0 Å². The summed E-state index contributed by atoms with van der Waals surface area (Å²) < 4.78 is 14.6. The monoisotopic (exact) mass is 659 g/mol. The van der Waals surface area contributed by atoms with Gasteiger partial charge < -0.3 is 60.8 Å². The van der Waals surface area contributed by atoms with Crippen LogP contribution in [0.15, 0.2) is 0 Å². The van der Waals surface area contributed by atoms with Crippen molar-refractivity contribution in [2.45, 2.75) is 81.3 Å². The number of aliphatic hydroxyl groups is 3. The van der Waals surface area contributed by atoms with Crippen LogP contribution in [0.2, 0.25) is 0 Å². The minimum atomic E-state index is -1.95. The molecule has 0 radical (unpaired) electrons. The third-order valence-corrected chi connectivity index (χ3v) is 5.39. The van der Waals surface area contributed by atoms with Crippen molar-refractivity contribution < 1.29 is 75.2 Å². The molecule has 0 amide bonds. The minimum Gasteiger partial charge on any atom is -0.549 e. The Bertz CT molecular complexity index is 601. The summed E-state index contributed by atoms with van der Waals surface area (Å²) >= 11 is 0. The number of rotatable bonds is 8. The summed E-state index contributed by atoms with van der Waals surface area (Å²) in [5, 5.41) is 50.0. The van der Waals surface area contributed by atoms with Crippen LogP contribution in [0.4, 0.5) is 0 Å². The van der Waals surface area contributed by atoms with E-state index in [0.717, 1.165) is 12.8 Å². The maximum atomic E-state index is 11.5. The van der Waals surface area contributed by atoms with Gasteiger partial charge in [-0.25, -0.2) is 0 Å². The number of hydrogen-bond donors (Lipinski definition) is 5. The molecule has 194 valence electrons. The Morgan fingerprint density at radius 1 is 1.00 bits per heavy atom.